The Labute approximate surface area is 70.1 Å². The average molecular weight is 198 g/mol. The van der Waals surface area contributed by atoms with Crippen molar-refractivity contribution in [3.63, 3.8) is 0 Å². The van der Waals surface area contributed by atoms with E-state index >= 15 is 0 Å². The highest BCUT2D eigenvalue weighted by atomic mass is 32.2. The van der Waals surface area contributed by atoms with Gasteiger partial charge >= 0.3 is 6.98 Å². The fourth-order valence-electron chi connectivity index (χ4n) is 0.447. The lowest BCUT2D eigenvalue weighted by Crippen LogP contribution is -2.18. The van der Waals surface area contributed by atoms with E-state index in [1.54, 1.807) is 5.38 Å². The Hall–Kier alpha value is -0.165. The molecule has 1 nitrogen and oxygen atoms in total. The van der Waals surface area contributed by atoms with Crippen LogP contribution in [0.1, 0.15) is 0 Å². The first kappa shape index (κ1) is 8.93. The second-order valence-electron chi connectivity index (χ2n) is 1.82. The second-order valence-corrected chi connectivity index (χ2v) is 3.98. The van der Waals surface area contributed by atoms with E-state index in [2.05, 4.69) is 4.98 Å². The van der Waals surface area contributed by atoms with Gasteiger partial charge in [-0.25, -0.2) is 4.98 Å². The van der Waals surface area contributed by atoms with Crippen LogP contribution in [0.3, 0.4) is 0 Å². The van der Waals surface area contributed by atoms with Crippen LogP contribution in [0, 0.1) is 0 Å². The predicted octanol–water partition coefficient (Wildman–Crippen LogP) is 2.62. The number of hydrogen-bond donors (Lipinski definition) is 0. The van der Waals surface area contributed by atoms with Crippen LogP contribution < -0.4 is 0 Å². The van der Waals surface area contributed by atoms with Gasteiger partial charge in [0.1, 0.15) is 4.34 Å². The number of halogens is 3. The molecule has 0 N–H and O–H groups in total. The number of rotatable bonds is 3. The third-order valence-corrected chi connectivity index (χ3v) is 2.91. The Bertz CT molecular complexity index is 210. The van der Waals surface area contributed by atoms with Crippen molar-refractivity contribution in [3.05, 3.63) is 11.6 Å². The summed E-state index contributed by atoms with van der Waals surface area (Å²) in [6, 6.07) is 0. The zero-order chi connectivity index (χ0) is 8.32. The van der Waals surface area contributed by atoms with Gasteiger partial charge in [-0.15, -0.1) is 23.1 Å². The van der Waals surface area contributed by atoms with Crippen molar-refractivity contribution in [2.45, 2.75) is 4.34 Å². The van der Waals surface area contributed by atoms with Crippen LogP contribution in [0.2, 0.25) is 0 Å². The fraction of sp³-hybridized carbons (Fsp3) is 0.250. The van der Waals surface area contributed by atoms with Gasteiger partial charge in [-0.2, -0.15) is 0 Å². The Morgan fingerprint density at radius 3 is 2.73 bits per heavy atom. The third-order valence-electron chi connectivity index (χ3n) is 0.805. The molecular formula is C4H4BF3NS2-. The summed E-state index contributed by atoms with van der Waals surface area (Å²) in [7, 11) is 0. The van der Waals surface area contributed by atoms with E-state index in [1.165, 1.54) is 17.5 Å². The normalized spacial score (nSPS) is 11.9. The Balaban J connectivity index is 2.35. The van der Waals surface area contributed by atoms with Crippen molar-refractivity contribution < 1.29 is 12.9 Å². The molecule has 1 aromatic heterocycles. The highest BCUT2D eigenvalue weighted by Crippen LogP contribution is 2.25. The molecule has 0 amide bonds. The molecule has 0 saturated carbocycles. The summed E-state index contributed by atoms with van der Waals surface area (Å²) in [6.45, 7) is -4.68. The summed E-state index contributed by atoms with van der Waals surface area (Å²) in [5.41, 5.74) is -0.798. The minimum Gasteiger partial charge on any atom is -0.448 e. The summed E-state index contributed by atoms with van der Waals surface area (Å²) >= 11 is 1.97. The Morgan fingerprint density at radius 1 is 1.55 bits per heavy atom. The molecule has 0 aliphatic rings. The summed E-state index contributed by atoms with van der Waals surface area (Å²) in [4.78, 5) is 3.71. The standard InChI is InChI=1S/C4H4BF3NS2/c6-5(7,8)3-11-4-9-1-2-10-4/h1-2H,3H2/q-1. The van der Waals surface area contributed by atoms with E-state index in [4.69, 9.17) is 0 Å². The van der Waals surface area contributed by atoms with E-state index in [0.717, 1.165) is 11.8 Å². The van der Waals surface area contributed by atoms with Gasteiger partial charge in [0.2, 0.25) is 0 Å². The number of thioether (sulfide) groups is 1. The summed E-state index contributed by atoms with van der Waals surface area (Å²) in [5.74, 6) is 0. The molecule has 1 heterocycles. The topological polar surface area (TPSA) is 12.9 Å². The van der Waals surface area contributed by atoms with Gasteiger partial charge in [-0.1, -0.05) is 0 Å². The highest BCUT2D eigenvalue weighted by Gasteiger charge is 2.23. The van der Waals surface area contributed by atoms with Gasteiger partial charge in [0.05, 0.1) is 0 Å². The van der Waals surface area contributed by atoms with Gasteiger partial charge < -0.3 is 12.9 Å². The first-order chi connectivity index (χ1) is 5.08. The Morgan fingerprint density at radius 2 is 2.27 bits per heavy atom. The van der Waals surface area contributed by atoms with Gasteiger partial charge in [0.15, 0.2) is 0 Å². The molecule has 0 aliphatic heterocycles. The third kappa shape index (κ3) is 3.66. The van der Waals surface area contributed by atoms with Crippen molar-refractivity contribution >= 4 is 30.1 Å². The van der Waals surface area contributed by atoms with Gasteiger partial charge in [0.25, 0.3) is 0 Å². The fourth-order valence-corrected chi connectivity index (χ4v) is 1.92. The van der Waals surface area contributed by atoms with E-state index in [0.29, 0.717) is 4.34 Å². The van der Waals surface area contributed by atoms with E-state index < -0.39 is 12.6 Å². The van der Waals surface area contributed by atoms with Crippen LogP contribution >= 0.6 is 23.1 Å². The van der Waals surface area contributed by atoms with Crippen LogP contribution in [0.25, 0.3) is 0 Å². The maximum Gasteiger partial charge on any atom is 0.488 e. The van der Waals surface area contributed by atoms with E-state index in [-0.39, 0.29) is 0 Å². The zero-order valence-electron chi connectivity index (χ0n) is 5.34. The van der Waals surface area contributed by atoms with Gasteiger partial charge in [-0.3, -0.25) is 0 Å². The smallest absolute Gasteiger partial charge is 0.448 e. The molecule has 1 rings (SSSR count). The molecule has 0 saturated heterocycles. The van der Waals surface area contributed by atoms with Crippen LogP contribution in [-0.2, 0) is 0 Å². The number of aromatic nitrogens is 1. The average Bonchev–Trinajstić information content (AvgIpc) is 2.32. The molecule has 7 heteroatoms. The number of hydrogen-bond acceptors (Lipinski definition) is 3. The molecular weight excluding hydrogens is 194 g/mol. The minimum atomic E-state index is -4.68. The first-order valence-electron chi connectivity index (χ1n) is 2.81. The Kier molecular flexibility index (Phi) is 2.83. The lowest BCUT2D eigenvalue weighted by atomic mass is 9.98. The van der Waals surface area contributed by atoms with Crippen molar-refractivity contribution in [2.75, 3.05) is 5.65 Å². The second kappa shape index (κ2) is 3.49. The van der Waals surface area contributed by atoms with Crippen LogP contribution in [0.4, 0.5) is 12.9 Å². The predicted molar refractivity (Wildman–Crippen MR) is 41.9 cm³/mol. The molecule has 0 radical (unpaired) electrons. The van der Waals surface area contributed by atoms with Crippen molar-refractivity contribution in [1.29, 1.82) is 0 Å². The van der Waals surface area contributed by atoms with Gasteiger partial charge in [0, 0.05) is 11.6 Å². The van der Waals surface area contributed by atoms with Crippen molar-refractivity contribution in [3.8, 4) is 0 Å². The maximum absolute atomic E-state index is 11.7. The molecule has 0 bridgehead atoms. The van der Waals surface area contributed by atoms with Gasteiger partial charge in [-0.05, 0) is 5.65 Å². The monoisotopic (exact) mass is 198 g/mol. The minimum absolute atomic E-state index is 0.476. The molecule has 1 aromatic rings. The molecule has 0 aromatic carbocycles. The highest BCUT2D eigenvalue weighted by molar-refractivity contribution is 8.02. The number of thiazole rings is 1. The molecule has 62 valence electrons. The van der Waals surface area contributed by atoms with Crippen molar-refractivity contribution in [1.82, 2.24) is 4.98 Å². The van der Waals surface area contributed by atoms with E-state index in [9.17, 15) is 12.9 Å². The molecule has 11 heavy (non-hydrogen) atoms. The molecule has 0 atom stereocenters. The van der Waals surface area contributed by atoms with Crippen molar-refractivity contribution in [2.24, 2.45) is 0 Å². The first-order valence-corrected chi connectivity index (χ1v) is 4.68. The van der Waals surface area contributed by atoms with Crippen LogP contribution in [0.5, 0.6) is 0 Å². The quantitative estimate of drug-likeness (QED) is 0.546. The maximum atomic E-state index is 11.7. The van der Waals surface area contributed by atoms with Crippen LogP contribution in [0.15, 0.2) is 15.9 Å². The molecule has 0 fully saturated rings. The van der Waals surface area contributed by atoms with E-state index in [1.807, 2.05) is 0 Å². The lowest BCUT2D eigenvalue weighted by molar-refractivity contribution is 0.485. The zero-order valence-corrected chi connectivity index (χ0v) is 6.97. The number of nitrogens with zero attached hydrogens (tertiary/aromatic N) is 1. The summed E-state index contributed by atoms with van der Waals surface area (Å²) in [6.07, 6.45) is 1.50. The lowest BCUT2D eigenvalue weighted by Gasteiger charge is -2.10. The molecule has 0 unspecified atom stereocenters. The molecule has 0 aliphatic carbocycles. The molecule has 0 spiro atoms. The van der Waals surface area contributed by atoms with Crippen LogP contribution in [-0.4, -0.2) is 17.6 Å². The summed E-state index contributed by atoms with van der Waals surface area (Å²) < 4.78 is 35.5. The largest absolute Gasteiger partial charge is 0.488 e. The summed E-state index contributed by atoms with van der Waals surface area (Å²) in [5, 5.41) is 1.66. The SMILES string of the molecule is F[B-](F)(F)CSc1nccs1.